The number of morpholine rings is 1. The number of hydrogen-bond donors (Lipinski definition) is 1. The molecule has 5 nitrogen and oxygen atoms in total. The van der Waals surface area contributed by atoms with Crippen LogP contribution in [-0.2, 0) is 17.2 Å². The molecule has 0 amide bonds. The number of aryl methyl sites for hydroxylation is 1. The SMILES string of the molecule is CN1CCOC(CN)C1c1cn(C)nc1C(C)(C)C. The highest BCUT2D eigenvalue weighted by Gasteiger charge is 2.35. The fourth-order valence-corrected chi connectivity index (χ4v) is 2.80. The molecular formula is C14H26N4O. The van der Waals surface area contributed by atoms with E-state index in [0.29, 0.717) is 6.54 Å². The molecule has 0 spiro atoms. The molecule has 2 unspecified atom stereocenters. The Morgan fingerprint density at radius 1 is 1.42 bits per heavy atom. The maximum atomic E-state index is 5.88. The summed E-state index contributed by atoms with van der Waals surface area (Å²) in [5.74, 6) is 0. The molecule has 2 rings (SSSR count). The molecular weight excluding hydrogens is 240 g/mol. The van der Waals surface area contributed by atoms with Crippen LogP contribution in [0.25, 0.3) is 0 Å². The average molecular weight is 266 g/mol. The van der Waals surface area contributed by atoms with E-state index >= 15 is 0 Å². The largest absolute Gasteiger partial charge is 0.374 e. The molecule has 1 fully saturated rings. The second kappa shape index (κ2) is 5.23. The number of hydrogen-bond acceptors (Lipinski definition) is 4. The first kappa shape index (κ1) is 14.5. The van der Waals surface area contributed by atoms with Crippen molar-refractivity contribution in [2.75, 3.05) is 26.7 Å². The molecule has 0 saturated carbocycles. The zero-order valence-electron chi connectivity index (χ0n) is 12.7. The molecule has 0 aromatic carbocycles. The van der Waals surface area contributed by atoms with Crippen molar-refractivity contribution in [2.45, 2.75) is 38.3 Å². The van der Waals surface area contributed by atoms with Crippen molar-refractivity contribution >= 4 is 0 Å². The highest BCUT2D eigenvalue weighted by molar-refractivity contribution is 5.29. The molecule has 0 radical (unpaired) electrons. The van der Waals surface area contributed by atoms with Gasteiger partial charge in [0.25, 0.3) is 0 Å². The molecule has 1 saturated heterocycles. The van der Waals surface area contributed by atoms with Gasteiger partial charge in [-0.1, -0.05) is 20.8 Å². The number of nitrogens with two attached hydrogens (primary N) is 1. The lowest BCUT2D eigenvalue weighted by molar-refractivity contribution is -0.0581. The molecule has 0 aliphatic carbocycles. The summed E-state index contributed by atoms with van der Waals surface area (Å²) in [6.45, 7) is 8.80. The van der Waals surface area contributed by atoms with Gasteiger partial charge in [0.15, 0.2) is 0 Å². The lowest BCUT2D eigenvalue weighted by atomic mass is 9.85. The Labute approximate surface area is 115 Å². The summed E-state index contributed by atoms with van der Waals surface area (Å²) in [4.78, 5) is 2.33. The minimum Gasteiger partial charge on any atom is -0.374 e. The van der Waals surface area contributed by atoms with Gasteiger partial charge in [-0.2, -0.15) is 5.10 Å². The smallest absolute Gasteiger partial charge is 0.0895 e. The third-order valence-electron chi connectivity index (χ3n) is 3.72. The van der Waals surface area contributed by atoms with E-state index in [-0.39, 0.29) is 17.6 Å². The average Bonchev–Trinajstić information content (AvgIpc) is 2.70. The van der Waals surface area contributed by atoms with Crippen molar-refractivity contribution in [3.05, 3.63) is 17.5 Å². The molecule has 1 aromatic rings. The van der Waals surface area contributed by atoms with Gasteiger partial charge in [0.2, 0.25) is 0 Å². The highest BCUT2D eigenvalue weighted by Crippen LogP contribution is 2.34. The Morgan fingerprint density at radius 2 is 2.11 bits per heavy atom. The molecule has 2 N–H and O–H groups in total. The van der Waals surface area contributed by atoms with Crippen LogP contribution in [-0.4, -0.2) is 47.5 Å². The van der Waals surface area contributed by atoms with Gasteiger partial charge in [-0.25, -0.2) is 0 Å². The first-order chi connectivity index (χ1) is 8.84. The topological polar surface area (TPSA) is 56.3 Å². The molecule has 0 bridgehead atoms. The van der Waals surface area contributed by atoms with Gasteiger partial charge in [0.1, 0.15) is 0 Å². The number of rotatable bonds is 2. The summed E-state index contributed by atoms with van der Waals surface area (Å²) < 4.78 is 7.73. The minimum absolute atomic E-state index is 0.0219. The van der Waals surface area contributed by atoms with Crippen LogP contribution in [0.3, 0.4) is 0 Å². The van der Waals surface area contributed by atoms with E-state index in [1.807, 2.05) is 11.7 Å². The van der Waals surface area contributed by atoms with Crippen LogP contribution in [0.2, 0.25) is 0 Å². The predicted molar refractivity (Wildman–Crippen MR) is 76.1 cm³/mol. The lowest BCUT2D eigenvalue weighted by Gasteiger charge is -2.39. The van der Waals surface area contributed by atoms with E-state index in [1.165, 1.54) is 5.56 Å². The van der Waals surface area contributed by atoms with E-state index < -0.39 is 0 Å². The normalized spacial score (nSPS) is 25.8. The van der Waals surface area contributed by atoms with Gasteiger partial charge < -0.3 is 10.5 Å². The molecule has 1 aromatic heterocycles. The minimum atomic E-state index is 0.0219. The van der Waals surface area contributed by atoms with E-state index in [9.17, 15) is 0 Å². The molecule has 1 aliphatic heterocycles. The Hall–Kier alpha value is -0.910. The summed E-state index contributed by atoms with van der Waals surface area (Å²) >= 11 is 0. The zero-order chi connectivity index (χ0) is 14.2. The molecule has 108 valence electrons. The van der Waals surface area contributed by atoms with Crippen molar-refractivity contribution in [3.63, 3.8) is 0 Å². The van der Waals surface area contributed by atoms with Gasteiger partial charge in [0, 0.05) is 37.3 Å². The van der Waals surface area contributed by atoms with Crippen LogP contribution >= 0.6 is 0 Å². The fourth-order valence-electron chi connectivity index (χ4n) is 2.80. The molecule has 1 aliphatic rings. The molecule has 2 atom stereocenters. The van der Waals surface area contributed by atoms with Crippen LogP contribution in [0.15, 0.2) is 6.20 Å². The van der Waals surface area contributed by atoms with Crippen LogP contribution in [0.4, 0.5) is 0 Å². The first-order valence-electron chi connectivity index (χ1n) is 6.90. The number of likely N-dealkylation sites (N-methyl/N-ethyl adjacent to an activating group) is 1. The molecule has 19 heavy (non-hydrogen) atoms. The van der Waals surface area contributed by atoms with E-state index in [4.69, 9.17) is 10.5 Å². The third-order valence-corrected chi connectivity index (χ3v) is 3.72. The maximum absolute atomic E-state index is 5.88. The van der Waals surface area contributed by atoms with Crippen molar-refractivity contribution in [2.24, 2.45) is 12.8 Å². The Balaban J connectivity index is 2.44. The van der Waals surface area contributed by atoms with Gasteiger partial charge in [-0.3, -0.25) is 9.58 Å². The Morgan fingerprint density at radius 3 is 2.68 bits per heavy atom. The zero-order valence-corrected chi connectivity index (χ0v) is 12.7. The standard InChI is InChI=1S/C14H26N4O/c1-14(2,3)13-10(9-18(5)16-13)12-11(8-15)19-7-6-17(12)4/h9,11-12H,6-8,15H2,1-5H3. The summed E-state index contributed by atoms with van der Waals surface area (Å²) in [5.41, 5.74) is 8.28. The summed E-state index contributed by atoms with van der Waals surface area (Å²) in [6, 6.07) is 0.196. The Kier molecular flexibility index (Phi) is 3.99. The quantitative estimate of drug-likeness (QED) is 0.869. The van der Waals surface area contributed by atoms with Gasteiger partial charge in [-0.15, -0.1) is 0 Å². The van der Waals surface area contributed by atoms with E-state index in [1.54, 1.807) is 0 Å². The van der Waals surface area contributed by atoms with Crippen molar-refractivity contribution < 1.29 is 4.74 Å². The van der Waals surface area contributed by atoms with Crippen LogP contribution in [0.1, 0.15) is 38.1 Å². The monoisotopic (exact) mass is 266 g/mol. The van der Waals surface area contributed by atoms with Crippen LogP contribution in [0.5, 0.6) is 0 Å². The number of aromatic nitrogens is 2. The second-order valence-corrected chi connectivity index (χ2v) is 6.43. The van der Waals surface area contributed by atoms with E-state index in [0.717, 1.165) is 18.8 Å². The van der Waals surface area contributed by atoms with Crippen molar-refractivity contribution in [3.8, 4) is 0 Å². The van der Waals surface area contributed by atoms with Crippen molar-refractivity contribution in [1.82, 2.24) is 14.7 Å². The van der Waals surface area contributed by atoms with Crippen LogP contribution in [0, 0.1) is 0 Å². The maximum Gasteiger partial charge on any atom is 0.0895 e. The molecule has 5 heteroatoms. The highest BCUT2D eigenvalue weighted by atomic mass is 16.5. The lowest BCUT2D eigenvalue weighted by Crippen LogP contribution is -2.46. The van der Waals surface area contributed by atoms with Gasteiger partial charge in [-0.05, 0) is 7.05 Å². The predicted octanol–water partition coefficient (Wildman–Crippen LogP) is 1.05. The number of ether oxygens (including phenoxy) is 1. The number of nitrogens with zero attached hydrogens (tertiary/aromatic N) is 3. The summed E-state index contributed by atoms with van der Waals surface area (Å²) in [5, 5.41) is 4.65. The fraction of sp³-hybridized carbons (Fsp3) is 0.786. The summed E-state index contributed by atoms with van der Waals surface area (Å²) in [6.07, 6.45) is 2.16. The van der Waals surface area contributed by atoms with Crippen molar-refractivity contribution in [1.29, 1.82) is 0 Å². The van der Waals surface area contributed by atoms with Crippen LogP contribution < -0.4 is 5.73 Å². The van der Waals surface area contributed by atoms with E-state index in [2.05, 4.69) is 44.0 Å². The third kappa shape index (κ3) is 2.83. The first-order valence-corrected chi connectivity index (χ1v) is 6.90. The molecule has 2 heterocycles. The van der Waals surface area contributed by atoms with Gasteiger partial charge >= 0.3 is 0 Å². The Bertz CT molecular complexity index is 435. The van der Waals surface area contributed by atoms with Gasteiger partial charge in [0.05, 0.1) is 24.4 Å². The summed E-state index contributed by atoms with van der Waals surface area (Å²) in [7, 11) is 4.11. The second-order valence-electron chi connectivity index (χ2n) is 6.43.